The Kier molecular flexibility index (Phi) is 7.51. The number of halogens is 2. The molecule has 2 saturated carbocycles. The van der Waals surface area contributed by atoms with Crippen LogP contribution in [0.4, 0.5) is 10.2 Å². The van der Waals surface area contributed by atoms with E-state index < -0.39 is 6.17 Å². The largest absolute Gasteiger partial charge is 0.487 e. The van der Waals surface area contributed by atoms with E-state index in [1.54, 1.807) is 4.90 Å². The van der Waals surface area contributed by atoms with E-state index in [4.69, 9.17) is 31.0 Å². The molecule has 11 heteroatoms. The minimum absolute atomic E-state index is 0.0766. The highest BCUT2D eigenvalue weighted by atomic mass is 35.5. The molecule has 0 bridgehead atoms. The van der Waals surface area contributed by atoms with E-state index in [1.165, 1.54) is 23.6 Å². The molecule has 6 aliphatic rings. The number of carbonyl (C=O) groups is 1. The highest BCUT2D eigenvalue weighted by Crippen LogP contribution is 2.59. The fourth-order valence-corrected chi connectivity index (χ4v) is 9.40. The highest BCUT2D eigenvalue weighted by molar-refractivity contribution is 6.35. The van der Waals surface area contributed by atoms with Gasteiger partial charge in [0.1, 0.15) is 24.1 Å². The zero-order valence-corrected chi connectivity index (χ0v) is 28.3. The van der Waals surface area contributed by atoms with Crippen molar-refractivity contribution in [3.05, 3.63) is 53.1 Å². The fourth-order valence-electron chi connectivity index (χ4n) is 9.11. The van der Waals surface area contributed by atoms with Crippen LogP contribution in [-0.4, -0.2) is 88.9 Å². The van der Waals surface area contributed by atoms with Gasteiger partial charge in [-0.3, -0.25) is 9.69 Å². The number of ether oxygens (including phenoxy) is 2. The molecule has 0 radical (unpaired) electrons. The predicted octanol–water partition coefficient (Wildman–Crippen LogP) is 6.22. The normalized spacial score (nSPS) is 28.6. The number of piperazine rings is 1. The molecule has 9 rings (SSSR count). The Morgan fingerprint density at radius 1 is 1.22 bits per heavy atom. The molecule has 49 heavy (non-hydrogen) atoms. The minimum atomic E-state index is -0.870. The van der Waals surface area contributed by atoms with Gasteiger partial charge < -0.3 is 19.3 Å². The average Bonchev–Trinajstić information content (AvgIpc) is 3.98. The Labute approximate surface area is 290 Å². The molecule has 0 spiro atoms. The molecule has 3 aliphatic carbocycles. The van der Waals surface area contributed by atoms with Gasteiger partial charge in [-0.2, -0.15) is 15.2 Å². The second-order valence-electron chi connectivity index (χ2n) is 14.8. The molecular weight excluding hydrogens is 643 g/mol. The van der Waals surface area contributed by atoms with E-state index in [1.807, 2.05) is 6.07 Å². The Balaban J connectivity index is 1.18. The number of nitriles is 1. The topological polar surface area (TPSA) is 94.8 Å². The van der Waals surface area contributed by atoms with Gasteiger partial charge in [-0.1, -0.05) is 36.4 Å². The van der Waals surface area contributed by atoms with Crippen molar-refractivity contribution in [1.82, 2.24) is 19.8 Å². The van der Waals surface area contributed by atoms with E-state index in [0.717, 1.165) is 55.2 Å². The van der Waals surface area contributed by atoms with Gasteiger partial charge in [0.15, 0.2) is 5.75 Å². The van der Waals surface area contributed by atoms with Crippen LogP contribution in [0.2, 0.25) is 5.02 Å². The lowest BCUT2D eigenvalue weighted by Gasteiger charge is -2.41. The van der Waals surface area contributed by atoms with Crippen LogP contribution in [0.5, 0.6) is 11.8 Å². The Morgan fingerprint density at radius 3 is 2.92 bits per heavy atom. The number of alkyl halides is 1. The zero-order valence-electron chi connectivity index (χ0n) is 27.5. The summed E-state index contributed by atoms with van der Waals surface area (Å²) in [4.78, 5) is 28.9. The van der Waals surface area contributed by atoms with E-state index >= 15 is 0 Å². The van der Waals surface area contributed by atoms with Gasteiger partial charge in [0.2, 0.25) is 5.91 Å². The predicted molar refractivity (Wildman–Crippen MR) is 185 cm³/mol. The molecule has 0 unspecified atom stereocenters. The number of amides is 1. The monoisotopic (exact) mass is 682 g/mol. The van der Waals surface area contributed by atoms with Gasteiger partial charge in [-0.05, 0) is 85.7 Å². The van der Waals surface area contributed by atoms with Crippen molar-refractivity contribution in [2.24, 2.45) is 5.92 Å². The lowest BCUT2D eigenvalue weighted by atomic mass is 9.93. The third-order valence-corrected chi connectivity index (χ3v) is 12.0. The van der Waals surface area contributed by atoms with Crippen molar-refractivity contribution >= 4 is 34.2 Å². The Bertz CT molecular complexity index is 1910. The number of nitrogens with zero attached hydrogens (tertiary/aromatic N) is 6. The summed E-state index contributed by atoms with van der Waals surface area (Å²) in [6.07, 6.45) is 7.23. The number of aromatic nitrogens is 2. The van der Waals surface area contributed by atoms with E-state index in [0.29, 0.717) is 73.1 Å². The number of hydrogen-bond acceptors (Lipinski definition) is 8. The first-order valence-corrected chi connectivity index (χ1v) is 18.1. The Morgan fingerprint density at radius 2 is 2.10 bits per heavy atom. The van der Waals surface area contributed by atoms with Gasteiger partial charge >= 0.3 is 6.01 Å². The molecule has 4 heterocycles. The van der Waals surface area contributed by atoms with E-state index in [-0.39, 0.29) is 36.0 Å². The van der Waals surface area contributed by atoms with E-state index in [2.05, 4.69) is 40.6 Å². The van der Waals surface area contributed by atoms with Crippen LogP contribution in [0.3, 0.4) is 0 Å². The first-order chi connectivity index (χ1) is 23.9. The molecular formula is C38H40ClFN6O3. The van der Waals surface area contributed by atoms with Crippen molar-refractivity contribution in [1.29, 1.82) is 5.26 Å². The maximum absolute atomic E-state index is 14.7. The fraction of sp³-hybridized carbons (Fsp3) is 0.526. The molecule has 1 aromatic heterocycles. The van der Waals surface area contributed by atoms with Crippen LogP contribution in [-0.2, 0) is 11.2 Å². The van der Waals surface area contributed by atoms with Crippen molar-refractivity contribution in [3.8, 4) is 29.0 Å². The van der Waals surface area contributed by atoms with Crippen molar-refractivity contribution < 1.29 is 18.7 Å². The first-order valence-electron chi connectivity index (χ1n) is 17.8. The smallest absolute Gasteiger partial charge is 0.319 e. The molecule has 9 nitrogen and oxygen atoms in total. The number of carbonyl (C=O) groups excluding carboxylic acids is 1. The lowest BCUT2D eigenvalue weighted by molar-refractivity contribution is -0.128. The molecule has 3 aliphatic heterocycles. The second kappa shape index (κ2) is 11.8. The molecule has 3 saturated heterocycles. The molecule has 0 N–H and O–H groups in total. The van der Waals surface area contributed by atoms with Crippen molar-refractivity contribution in [2.45, 2.75) is 81.1 Å². The number of hydrogen-bond donors (Lipinski definition) is 0. The maximum atomic E-state index is 14.7. The molecule has 1 amide bonds. The van der Waals surface area contributed by atoms with Gasteiger partial charge in [0.25, 0.3) is 0 Å². The van der Waals surface area contributed by atoms with Crippen LogP contribution in [0.15, 0.2) is 36.9 Å². The van der Waals surface area contributed by atoms with E-state index in [9.17, 15) is 14.4 Å². The third-order valence-electron chi connectivity index (χ3n) is 11.7. The van der Waals surface area contributed by atoms with Gasteiger partial charge in [0, 0.05) is 43.5 Å². The summed E-state index contributed by atoms with van der Waals surface area (Å²) in [6, 6.07) is 10.6. The third kappa shape index (κ3) is 5.32. The van der Waals surface area contributed by atoms with Crippen LogP contribution < -0.4 is 14.4 Å². The summed E-state index contributed by atoms with van der Waals surface area (Å²) in [6.45, 7) is 6.56. The van der Waals surface area contributed by atoms with Gasteiger partial charge in [0.05, 0.1) is 35.2 Å². The maximum Gasteiger partial charge on any atom is 0.319 e. The number of anilines is 1. The SMILES string of the molecule is C=CC(=O)N1CCN(c2nc(OC[C@@]34CCCN3C[C@H](F)C4)nc3c(OC4CC4)c(-c4cccc5c4C[C@H]4C[C@@H]54)c(Cl)cc23)C[C@@H]1CC#N. The van der Waals surface area contributed by atoms with Crippen LogP contribution >= 0.6 is 11.6 Å². The summed E-state index contributed by atoms with van der Waals surface area (Å²) in [7, 11) is 0. The summed E-state index contributed by atoms with van der Waals surface area (Å²) < 4.78 is 27.9. The zero-order chi connectivity index (χ0) is 33.4. The summed E-state index contributed by atoms with van der Waals surface area (Å²) in [5.41, 5.74) is 4.99. The summed E-state index contributed by atoms with van der Waals surface area (Å²) >= 11 is 7.30. The van der Waals surface area contributed by atoms with Gasteiger partial charge in [-0.15, -0.1) is 0 Å². The molecule has 5 atom stereocenters. The summed E-state index contributed by atoms with van der Waals surface area (Å²) in [5, 5.41) is 11.0. The van der Waals surface area contributed by atoms with Crippen LogP contribution in [0, 0.1) is 17.2 Å². The highest BCUT2D eigenvalue weighted by Gasteiger charge is 2.50. The van der Waals surface area contributed by atoms with Gasteiger partial charge in [-0.25, -0.2) is 4.39 Å². The number of benzene rings is 2. The standard InChI is InChI=1S/C38H40ClFN6O3/c1-2-32(47)46-14-13-44(20-24(46)9-11-41)36-30-17-31(39)33(27-6-3-5-26-28-15-22(28)16-29(26)27)35(49-25-7-8-25)34(30)42-37(43-36)48-21-38-10-4-12-45(38)19-23(40)18-38/h2-3,5-6,17,22-25,28H,1,4,7-10,12-16,18-21H2/t22-,23-,24+,28-,38+/m1/s1. The quantitative estimate of drug-likeness (QED) is 0.246. The van der Waals surface area contributed by atoms with Crippen LogP contribution in [0.1, 0.15) is 62.0 Å². The lowest BCUT2D eigenvalue weighted by Crippen LogP contribution is -2.55. The average molecular weight is 683 g/mol. The van der Waals surface area contributed by atoms with Crippen LogP contribution in [0.25, 0.3) is 22.0 Å². The molecule has 3 aromatic rings. The van der Waals surface area contributed by atoms with Crippen molar-refractivity contribution in [3.63, 3.8) is 0 Å². The molecule has 2 aromatic carbocycles. The minimum Gasteiger partial charge on any atom is -0.487 e. The second-order valence-corrected chi connectivity index (χ2v) is 15.3. The first kappa shape index (κ1) is 31.1. The molecule has 5 fully saturated rings. The number of fused-ring (bicyclic) bond motifs is 5. The Hall–Kier alpha value is -3.94. The summed E-state index contributed by atoms with van der Waals surface area (Å²) in [5.74, 6) is 2.42. The van der Waals surface area contributed by atoms with Crippen molar-refractivity contribution in [2.75, 3.05) is 44.2 Å². The number of rotatable bonds is 9. The molecule has 254 valence electrons.